The monoisotopic (exact) mass is 439 g/mol. The van der Waals surface area contributed by atoms with Crippen molar-refractivity contribution in [2.75, 3.05) is 20.7 Å². The van der Waals surface area contributed by atoms with E-state index < -0.39 is 0 Å². The fourth-order valence-corrected chi connectivity index (χ4v) is 3.71. The van der Waals surface area contributed by atoms with Crippen LogP contribution >= 0.6 is 12.2 Å². The van der Waals surface area contributed by atoms with Gasteiger partial charge < -0.3 is 19.4 Å². The van der Waals surface area contributed by atoms with Crippen molar-refractivity contribution in [1.82, 2.24) is 24.6 Å². The van der Waals surface area contributed by atoms with Crippen molar-refractivity contribution in [3.05, 3.63) is 70.3 Å². The fraction of sp³-hybridized carbons (Fsp3) is 0.318. The van der Waals surface area contributed by atoms with Crippen molar-refractivity contribution in [2.45, 2.75) is 19.3 Å². The van der Waals surface area contributed by atoms with E-state index in [1.54, 1.807) is 11.7 Å². The van der Waals surface area contributed by atoms with E-state index in [0.717, 1.165) is 17.1 Å². The Labute approximate surface area is 186 Å². The van der Waals surface area contributed by atoms with Gasteiger partial charge >= 0.3 is 0 Å². The predicted molar refractivity (Wildman–Crippen MR) is 119 cm³/mol. The highest BCUT2D eigenvalue weighted by Gasteiger charge is 2.27. The van der Waals surface area contributed by atoms with Gasteiger partial charge in [0.15, 0.2) is 28.2 Å². The van der Waals surface area contributed by atoms with Gasteiger partial charge in [0.2, 0.25) is 0 Å². The maximum atomic E-state index is 11.7. The van der Waals surface area contributed by atoms with Gasteiger partial charge in [0.05, 0.1) is 6.67 Å². The minimum atomic E-state index is -0.328. The summed E-state index contributed by atoms with van der Waals surface area (Å²) >= 11 is 5.60. The average Bonchev–Trinajstić information content (AvgIpc) is 3.07. The molecule has 0 aliphatic carbocycles. The number of carbonyl (C=O) groups excluding carboxylic acids is 1. The second-order valence-electron chi connectivity index (χ2n) is 7.50. The number of benzene rings is 2. The molecule has 0 spiro atoms. The van der Waals surface area contributed by atoms with Crippen molar-refractivity contribution in [3.63, 3.8) is 0 Å². The van der Waals surface area contributed by atoms with Gasteiger partial charge in [0.25, 0.3) is 5.91 Å². The van der Waals surface area contributed by atoms with Crippen LogP contribution in [0, 0.1) is 4.77 Å². The van der Waals surface area contributed by atoms with Crippen LogP contribution in [0.4, 0.5) is 0 Å². The Morgan fingerprint density at radius 2 is 1.94 bits per heavy atom. The Morgan fingerprint density at radius 3 is 2.65 bits per heavy atom. The summed E-state index contributed by atoms with van der Waals surface area (Å²) in [5.74, 6) is 2.07. The quantitative estimate of drug-likeness (QED) is 0.596. The third-order valence-electron chi connectivity index (χ3n) is 5.14. The Kier molecular flexibility index (Phi) is 6.06. The third kappa shape index (κ3) is 4.47. The molecule has 0 fully saturated rings. The lowest BCUT2D eigenvalue weighted by molar-refractivity contribution is 0.0821. The van der Waals surface area contributed by atoms with Crippen molar-refractivity contribution < 1.29 is 14.3 Å². The normalized spacial score (nSPS) is 15.2. The van der Waals surface area contributed by atoms with E-state index in [-0.39, 0.29) is 12.0 Å². The van der Waals surface area contributed by atoms with Crippen LogP contribution in [-0.2, 0) is 20.3 Å². The molecular weight excluding hydrogens is 414 g/mol. The fourth-order valence-electron chi connectivity index (χ4n) is 3.52. The number of nitrogens with zero attached hydrogens (tertiary/aromatic N) is 4. The minimum absolute atomic E-state index is 0.0937. The highest BCUT2D eigenvalue weighted by Crippen LogP contribution is 2.35. The molecule has 1 aromatic heterocycles. The van der Waals surface area contributed by atoms with Gasteiger partial charge in [-0.3, -0.25) is 9.69 Å². The topological polar surface area (TPSA) is 73.6 Å². The highest BCUT2D eigenvalue weighted by molar-refractivity contribution is 7.71. The van der Waals surface area contributed by atoms with Gasteiger partial charge in [0, 0.05) is 26.2 Å². The Morgan fingerprint density at radius 1 is 1.23 bits per heavy atom. The summed E-state index contributed by atoms with van der Waals surface area (Å²) in [6.07, 6.45) is -0.328. The molecule has 3 aromatic rings. The van der Waals surface area contributed by atoms with Crippen LogP contribution in [-0.4, -0.2) is 45.9 Å². The molecule has 0 saturated carbocycles. The van der Waals surface area contributed by atoms with E-state index in [9.17, 15) is 4.79 Å². The molecule has 1 atom stereocenters. The lowest BCUT2D eigenvalue weighted by atomic mass is 10.1. The lowest BCUT2D eigenvalue weighted by Gasteiger charge is -2.25. The summed E-state index contributed by atoms with van der Waals surface area (Å²) < 4.78 is 16.2. The van der Waals surface area contributed by atoms with E-state index >= 15 is 0 Å². The summed E-state index contributed by atoms with van der Waals surface area (Å²) in [5.41, 5.74) is 1.74. The number of aromatic nitrogens is 3. The molecular formula is C22H25N5O3S. The molecule has 1 amide bonds. The summed E-state index contributed by atoms with van der Waals surface area (Å²) in [6.45, 7) is 1.59. The number of carbonyl (C=O) groups is 1. The molecule has 0 saturated heterocycles. The van der Waals surface area contributed by atoms with Crippen LogP contribution in [0.3, 0.4) is 0 Å². The molecule has 2 heterocycles. The Balaban J connectivity index is 1.45. The highest BCUT2D eigenvalue weighted by atomic mass is 32.1. The zero-order chi connectivity index (χ0) is 22.0. The molecule has 0 unspecified atom stereocenters. The van der Waals surface area contributed by atoms with Crippen LogP contribution in [0.1, 0.15) is 27.8 Å². The lowest BCUT2D eigenvalue weighted by Crippen LogP contribution is -2.25. The summed E-state index contributed by atoms with van der Waals surface area (Å²) in [6, 6.07) is 15.2. The van der Waals surface area contributed by atoms with Crippen molar-refractivity contribution in [3.8, 4) is 11.5 Å². The zero-order valence-electron chi connectivity index (χ0n) is 17.7. The van der Waals surface area contributed by atoms with Gasteiger partial charge in [-0.2, -0.15) is 5.10 Å². The molecule has 1 aliphatic heterocycles. The Bertz CT molecular complexity index is 1140. The van der Waals surface area contributed by atoms with Gasteiger partial charge in [0.1, 0.15) is 6.61 Å². The number of ether oxygens (including phenoxy) is 2. The smallest absolute Gasteiger partial charge is 0.251 e. The number of fused-ring (bicyclic) bond motifs is 1. The summed E-state index contributed by atoms with van der Waals surface area (Å²) in [7, 11) is 5.51. The maximum Gasteiger partial charge on any atom is 0.251 e. The van der Waals surface area contributed by atoms with Crippen molar-refractivity contribution in [1.29, 1.82) is 0 Å². The van der Waals surface area contributed by atoms with E-state index in [1.807, 2.05) is 67.2 Å². The molecule has 0 radical (unpaired) electrons. The van der Waals surface area contributed by atoms with Gasteiger partial charge in [-0.05, 0) is 49.1 Å². The molecule has 1 aliphatic rings. The Hall–Kier alpha value is -3.17. The predicted octanol–water partition coefficient (Wildman–Crippen LogP) is 2.91. The molecule has 1 N–H and O–H groups in total. The van der Waals surface area contributed by atoms with Crippen molar-refractivity contribution in [2.24, 2.45) is 7.05 Å². The number of nitrogens with one attached hydrogen (secondary N) is 1. The number of hydrogen-bond acceptors (Lipinski definition) is 6. The van der Waals surface area contributed by atoms with Gasteiger partial charge in [-0.1, -0.05) is 24.3 Å². The molecule has 9 heteroatoms. The minimum Gasteiger partial charge on any atom is -0.485 e. The molecule has 31 heavy (non-hydrogen) atoms. The van der Waals surface area contributed by atoms with Crippen LogP contribution in [0.2, 0.25) is 0 Å². The largest absolute Gasteiger partial charge is 0.485 e. The van der Waals surface area contributed by atoms with E-state index in [4.69, 9.17) is 26.8 Å². The van der Waals surface area contributed by atoms with Crippen molar-refractivity contribution >= 4 is 18.1 Å². The molecule has 4 rings (SSSR count). The first-order valence-electron chi connectivity index (χ1n) is 9.98. The maximum absolute atomic E-state index is 11.7. The van der Waals surface area contributed by atoms with Crippen LogP contribution in [0.15, 0.2) is 48.5 Å². The average molecular weight is 440 g/mol. The summed E-state index contributed by atoms with van der Waals surface area (Å²) in [5, 5.41) is 7.34. The summed E-state index contributed by atoms with van der Waals surface area (Å²) in [4.78, 5) is 13.8. The van der Waals surface area contributed by atoms with Crippen LogP contribution < -0.4 is 14.8 Å². The second-order valence-corrected chi connectivity index (χ2v) is 7.86. The standard InChI is InChI=1S/C22H25N5O3S/c1-23-21(28)16-10-8-15(9-11-16)12-25(2)14-27-22(31)26(3)20(24-27)19-13-29-17-6-4-5-7-18(17)30-19/h4-11,19H,12-14H2,1-3H3,(H,23,28)/t19-/m1/s1. The molecule has 8 nitrogen and oxygen atoms in total. The first-order valence-corrected chi connectivity index (χ1v) is 10.4. The van der Waals surface area contributed by atoms with E-state index in [1.165, 1.54) is 0 Å². The zero-order valence-corrected chi connectivity index (χ0v) is 18.6. The number of hydrogen-bond donors (Lipinski definition) is 1. The van der Waals surface area contributed by atoms with Crippen LogP contribution in [0.25, 0.3) is 0 Å². The second kappa shape index (κ2) is 8.91. The van der Waals surface area contributed by atoms with Crippen LogP contribution in [0.5, 0.6) is 11.5 Å². The third-order valence-corrected chi connectivity index (χ3v) is 5.63. The van der Waals surface area contributed by atoms with Gasteiger partial charge in [-0.25, -0.2) is 4.68 Å². The first-order chi connectivity index (χ1) is 15.0. The number of para-hydroxylation sites is 2. The SMILES string of the molecule is CNC(=O)c1ccc(CN(C)Cn2nc([C@H]3COc4ccccc4O3)n(C)c2=S)cc1. The molecule has 2 aromatic carbocycles. The first kappa shape index (κ1) is 21.1. The molecule has 162 valence electrons. The van der Waals surface area contributed by atoms with E-state index in [2.05, 4.69) is 10.2 Å². The number of rotatable bonds is 6. The number of amides is 1. The molecule has 0 bridgehead atoms. The van der Waals surface area contributed by atoms with E-state index in [0.29, 0.717) is 35.9 Å². The van der Waals surface area contributed by atoms with Gasteiger partial charge in [-0.15, -0.1) is 0 Å².